The predicted molar refractivity (Wildman–Crippen MR) is 124 cm³/mol. The van der Waals surface area contributed by atoms with Crippen molar-refractivity contribution >= 4 is 26.5 Å². The molecule has 0 unspecified atom stereocenters. The van der Waals surface area contributed by atoms with E-state index in [-0.39, 0.29) is 4.90 Å². The molecule has 0 spiro atoms. The van der Waals surface area contributed by atoms with E-state index in [2.05, 4.69) is 11.3 Å². The van der Waals surface area contributed by atoms with E-state index in [1.165, 1.54) is 0 Å². The van der Waals surface area contributed by atoms with Gasteiger partial charge in [-0.15, -0.1) is 6.58 Å². The van der Waals surface area contributed by atoms with E-state index in [0.29, 0.717) is 28.8 Å². The van der Waals surface area contributed by atoms with E-state index in [0.717, 1.165) is 16.5 Å². The minimum atomic E-state index is -3.75. The third kappa shape index (κ3) is 4.15. The predicted octanol–water partition coefficient (Wildman–Crippen LogP) is 5.30. The van der Waals surface area contributed by atoms with E-state index < -0.39 is 15.6 Å². The third-order valence-corrected chi connectivity index (χ3v) is 6.39. The van der Waals surface area contributed by atoms with Gasteiger partial charge in [-0.05, 0) is 49.1 Å². The second kappa shape index (κ2) is 8.24. The van der Waals surface area contributed by atoms with Gasteiger partial charge in [0, 0.05) is 16.8 Å². The highest BCUT2D eigenvalue weighted by Gasteiger charge is 2.17. The van der Waals surface area contributed by atoms with Gasteiger partial charge < -0.3 is 4.42 Å². The Balaban J connectivity index is 1.79. The SMILES string of the molecule is C=CCc1c(-c2cccc(NS(=O)(=O)c3ccc(C)cc3)c2)oc(=O)c2ccccc12. The molecular formula is C25H21NO4S. The van der Waals surface area contributed by atoms with Crippen molar-refractivity contribution in [3.05, 3.63) is 107 Å². The number of sulfonamides is 1. The Bertz CT molecular complexity index is 1430. The fourth-order valence-corrected chi connectivity index (χ4v) is 4.54. The van der Waals surface area contributed by atoms with Gasteiger partial charge in [0.2, 0.25) is 0 Å². The van der Waals surface area contributed by atoms with E-state index >= 15 is 0 Å². The van der Waals surface area contributed by atoms with Crippen molar-refractivity contribution in [2.24, 2.45) is 0 Å². The van der Waals surface area contributed by atoms with Gasteiger partial charge in [0.15, 0.2) is 0 Å². The number of aryl methyl sites for hydroxylation is 1. The summed E-state index contributed by atoms with van der Waals surface area (Å²) in [4.78, 5) is 12.7. The molecule has 0 aliphatic rings. The van der Waals surface area contributed by atoms with Gasteiger partial charge >= 0.3 is 5.63 Å². The summed E-state index contributed by atoms with van der Waals surface area (Å²) in [6.45, 7) is 5.71. The average Bonchev–Trinajstić information content (AvgIpc) is 2.76. The van der Waals surface area contributed by atoms with E-state index in [1.54, 1.807) is 66.7 Å². The van der Waals surface area contributed by atoms with Crippen LogP contribution in [0, 0.1) is 6.92 Å². The molecule has 4 aromatic rings. The first-order chi connectivity index (χ1) is 14.9. The van der Waals surface area contributed by atoms with Gasteiger partial charge in [0.05, 0.1) is 10.3 Å². The molecule has 31 heavy (non-hydrogen) atoms. The molecule has 0 aliphatic carbocycles. The summed E-state index contributed by atoms with van der Waals surface area (Å²) in [5.74, 6) is 0.403. The van der Waals surface area contributed by atoms with Gasteiger partial charge in [-0.2, -0.15) is 0 Å². The van der Waals surface area contributed by atoms with Crippen LogP contribution in [0.2, 0.25) is 0 Å². The van der Waals surface area contributed by atoms with Crippen molar-refractivity contribution in [3.8, 4) is 11.3 Å². The topological polar surface area (TPSA) is 76.4 Å². The number of anilines is 1. The van der Waals surface area contributed by atoms with Crippen molar-refractivity contribution in [1.82, 2.24) is 0 Å². The zero-order chi connectivity index (χ0) is 22.0. The number of allylic oxidation sites excluding steroid dienone is 1. The zero-order valence-electron chi connectivity index (χ0n) is 17.0. The molecule has 3 aromatic carbocycles. The average molecular weight is 432 g/mol. The molecule has 1 aromatic heterocycles. The number of fused-ring (bicyclic) bond motifs is 1. The lowest BCUT2D eigenvalue weighted by molar-refractivity contribution is 0.530. The number of hydrogen-bond acceptors (Lipinski definition) is 4. The molecule has 0 amide bonds. The highest BCUT2D eigenvalue weighted by Crippen LogP contribution is 2.31. The quantitative estimate of drug-likeness (QED) is 0.421. The first-order valence-corrected chi connectivity index (χ1v) is 11.2. The van der Waals surface area contributed by atoms with E-state index in [4.69, 9.17) is 4.42 Å². The van der Waals surface area contributed by atoms with Crippen molar-refractivity contribution in [2.45, 2.75) is 18.2 Å². The standard InChI is InChI=1S/C25H21NO4S/c1-3-7-22-21-10-4-5-11-23(21)25(27)30-24(22)18-8-6-9-19(16-18)26-31(28,29)20-14-12-17(2)13-15-20/h3-6,8-16,26H,1,7H2,2H3. The molecule has 156 valence electrons. The zero-order valence-corrected chi connectivity index (χ0v) is 17.8. The Morgan fingerprint density at radius 1 is 0.968 bits per heavy atom. The van der Waals surface area contributed by atoms with Gasteiger partial charge in [0.1, 0.15) is 5.76 Å². The summed E-state index contributed by atoms with van der Waals surface area (Å²) in [5.41, 5.74) is 2.33. The van der Waals surface area contributed by atoms with Crippen molar-refractivity contribution < 1.29 is 12.8 Å². The number of rotatable bonds is 6. The Kier molecular flexibility index (Phi) is 5.48. The van der Waals surface area contributed by atoms with E-state index in [1.807, 2.05) is 19.1 Å². The van der Waals surface area contributed by atoms with E-state index in [9.17, 15) is 13.2 Å². The van der Waals surface area contributed by atoms with Crippen LogP contribution >= 0.6 is 0 Å². The highest BCUT2D eigenvalue weighted by atomic mass is 32.2. The lowest BCUT2D eigenvalue weighted by atomic mass is 9.99. The van der Waals surface area contributed by atoms with Crippen molar-refractivity contribution in [1.29, 1.82) is 0 Å². The maximum atomic E-state index is 12.8. The smallest absolute Gasteiger partial charge is 0.344 e. The summed E-state index contributed by atoms with van der Waals surface area (Å²) in [6, 6.07) is 20.7. The normalized spacial score (nSPS) is 11.4. The summed E-state index contributed by atoms with van der Waals surface area (Å²) in [5, 5.41) is 1.29. The molecule has 5 nitrogen and oxygen atoms in total. The lowest BCUT2D eigenvalue weighted by Crippen LogP contribution is -2.13. The number of hydrogen-bond donors (Lipinski definition) is 1. The first kappa shape index (κ1) is 20.6. The second-order valence-electron chi connectivity index (χ2n) is 7.23. The lowest BCUT2D eigenvalue weighted by Gasteiger charge is -2.12. The fourth-order valence-electron chi connectivity index (χ4n) is 3.49. The Morgan fingerprint density at radius 2 is 1.68 bits per heavy atom. The molecule has 1 N–H and O–H groups in total. The molecule has 0 atom stereocenters. The Labute approximate surface area is 180 Å². The number of nitrogens with one attached hydrogen (secondary N) is 1. The van der Waals surface area contributed by atoms with Crippen LogP contribution in [0.4, 0.5) is 5.69 Å². The van der Waals surface area contributed by atoms with Crippen LogP contribution in [-0.4, -0.2) is 8.42 Å². The van der Waals surface area contributed by atoms with Crippen LogP contribution < -0.4 is 10.3 Å². The summed E-state index contributed by atoms with van der Waals surface area (Å²) >= 11 is 0. The first-order valence-electron chi connectivity index (χ1n) is 9.74. The Morgan fingerprint density at radius 3 is 2.39 bits per heavy atom. The number of benzene rings is 3. The minimum Gasteiger partial charge on any atom is -0.422 e. The molecule has 0 saturated heterocycles. The molecule has 0 bridgehead atoms. The van der Waals surface area contributed by atoms with Crippen LogP contribution in [0.1, 0.15) is 11.1 Å². The molecule has 4 rings (SSSR count). The Hall–Kier alpha value is -3.64. The molecular weight excluding hydrogens is 410 g/mol. The largest absolute Gasteiger partial charge is 0.422 e. The molecule has 0 radical (unpaired) electrons. The molecule has 1 heterocycles. The van der Waals surface area contributed by atoms with Crippen molar-refractivity contribution in [3.63, 3.8) is 0 Å². The van der Waals surface area contributed by atoms with Crippen LogP contribution in [0.5, 0.6) is 0 Å². The second-order valence-corrected chi connectivity index (χ2v) is 8.92. The van der Waals surface area contributed by atoms with Crippen molar-refractivity contribution in [2.75, 3.05) is 4.72 Å². The third-order valence-electron chi connectivity index (χ3n) is 5.00. The maximum absolute atomic E-state index is 12.8. The van der Waals surface area contributed by atoms with Gasteiger partial charge in [-0.3, -0.25) is 4.72 Å². The highest BCUT2D eigenvalue weighted by molar-refractivity contribution is 7.92. The molecule has 0 saturated carbocycles. The minimum absolute atomic E-state index is 0.174. The van der Waals surface area contributed by atoms with Gasteiger partial charge in [0.25, 0.3) is 10.0 Å². The molecule has 0 aliphatic heterocycles. The van der Waals surface area contributed by atoms with Crippen LogP contribution in [0.25, 0.3) is 22.1 Å². The maximum Gasteiger partial charge on any atom is 0.344 e. The fraction of sp³-hybridized carbons (Fsp3) is 0.0800. The summed E-state index contributed by atoms with van der Waals surface area (Å²) in [6.07, 6.45) is 2.24. The van der Waals surface area contributed by atoms with Gasteiger partial charge in [-0.1, -0.05) is 54.1 Å². The monoisotopic (exact) mass is 431 g/mol. The summed E-state index contributed by atoms with van der Waals surface area (Å²) < 4.78 is 33.8. The molecule has 0 fully saturated rings. The van der Waals surface area contributed by atoms with Crippen LogP contribution in [0.3, 0.4) is 0 Å². The molecule has 6 heteroatoms. The van der Waals surface area contributed by atoms with Crippen LogP contribution in [-0.2, 0) is 16.4 Å². The van der Waals surface area contributed by atoms with Gasteiger partial charge in [-0.25, -0.2) is 13.2 Å². The van der Waals surface area contributed by atoms with Crippen LogP contribution in [0.15, 0.2) is 99.6 Å². The summed E-state index contributed by atoms with van der Waals surface area (Å²) in [7, 11) is -3.75.